The lowest BCUT2D eigenvalue weighted by Gasteiger charge is -2.33. The Morgan fingerprint density at radius 3 is 2.59 bits per heavy atom. The number of urea groups is 1. The van der Waals surface area contributed by atoms with E-state index in [1.807, 2.05) is 31.2 Å². The molecule has 1 saturated heterocycles. The summed E-state index contributed by atoms with van der Waals surface area (Å²) in [5.41, 5.74) is 3.07. The van der Waals surface area contributed by atoms with Gasteiger partial charge < -0.3 is 19.5 Å². The second kappa shape index (κ2) is 9.64. The standard InChI is InChI=1S/C24H26N4O4/c1-3-31-23(29)18-11-13-19(14-12-18)25-24(30)28-15-5-4-6-20(28)22-26-21(27-32-22)17-9-7-16(2)8-10-17/h7-14,20H,3-6,15H2,1-2H3,(H,25,30). The maximum absolute atomic E-state index is 13.0. The molecule has 166 valence electrons. The number of anilines is 1. The molecule has 0 spiro atoms. The number of carbonyl (C=O) groups excluding carboxylic acids is 2. The molecule has 0 radical (unpaired) electrons. The quantitative estimate of drug-likeness (QED) is 0.569. The minimum Gasteiger partial charge on any atom is -0.462 e. The first kappa shape index (κ1) is 21.5. The number of amides is 2. The Hall–Kier alpha value is -3.68. The van der Waals surface area contributed by atoms with E-state index in [9.17, 15) is 9.59 Å². The summed E-state index contributed by atoms with van der Waals surface area (Å²) < 4.78 is 10.5. The Balaban J connectivity index is 1.47. The minimum absolute atomic E-state index is 0.242. The molecule has 1 N–H and O–H groups in total. The molecule has 2 aromatic carbocycles. The molecule has 1 aliphatic rings. The van der Waals surface area contributed by atoms with Crippen molar-refractivity contribution in [1.82, 2.24) is 15.0 Å². The van der Waals surface area contributed by atoms with Crippen LogP contribution in [0.3, 0.4) is 0 Å². The van der Waals surface area contributed by atoms with Gasteiger partial charge in [0.25, 0.3) is 0 Å². The average Bonchev–Trinajstić information content (AvgIpc) is 3.30. The fourth-order valence-corrected chi connectivity index (χ4v) is 3.72. The summed E-state index contributed by atoms with van der Waals surface area (Å²) in [5.74, 6) is 0.566. The molecular weight excluding hydrogens is 408 g/mol. The predicted octanol–water partition coefficient (Wildman–Crippen LogP) is 4.98. The highest BCUT2D eigenvalue weighted by atomic mass is 16.5. The Kier molecular flexibility index (Phi) is 6.49. The molecule has 0 aliphatic carbocycles. The van der Waals surface area contributed by atoms with Crippen molar-refractivity contribution in [2.24, 2.45) is 0 Å². The van der Waals surface area contributed by atoms with Crippen LogP contribution in [0.5, 0.6) is 0 Å². The summed E-state index contributed by atoms with van der Waals surface area (Å²) in [5, 5.41) is 7.02. The zero-order valence-corrected chi connectivity index (χ0v) is 18.2. The fraction of sp³-hybridized carbons (Fsp3) is 0.333. The predicted molar refractivity (Wildman–Crippen MR) is 119 cm³/mol. The second-order valence-electron chi connectivity index (χ2n) is 7.76. The molecule has 1 aliphatic heterocycles. The summed E-state index contributed by atoms with van der Waals surface area (Å²) in [6.07, 6.45) is 2.64. The van der Waals surface area contributed by atoms with E-state index in [4.69, 9.17) is 9.26 Å². The second-order valence-corrected chi connectivity index (χ2v) is 7.76. The zero-order chi connectivity index (χ0) is 22.5. The Morgan fingerprint density at radius 1 is 1.12 bits per heavy atom. The van der Waals surface area contributed by atoms with E-state index in [0.29, 0.717) is 36.1 Å². The first-order valence-electron chi connectivity index (χ1n) is 10.8. The van der Waals surface area contributed by atoms with Gasteiger partial charge in [-0.1, -0.05) is 35.0 Å². The maximum Gasteiger partial charge on any atom is 0.338 e. The van der Waals surface area contributed by atoms with Gasteiger partial charge in [-0.15, -0.1) is 0 Å². The van der Waals surface area contributed by atoms with Gasteiger partial charge in [-0.25, -0.2) is 9.59 Å². The Labute approximate surface area is 186 Å². The molecule has 1 fully saturated rings. The average molecular weight is 434 g/mol. The van der Waals surface area contributed by atoms with Gasteiger partial charge >= 0.3 is 12.0 Å². The summed E-state index contributed by atoms with van der Waals surface area (Å²) in [4.78, 5) is 31.1. The van der Waals surface area contributed by atoms with Gasteiger partial charge in [-0.3, -0.25) is 0 Å². The van der Waals surface area contributed by atoms with Gasteiger partial charge in [0.1, 0.15) is 6.04 Å². The number of hydrogen-bond acceptors (Lipinski definition) is 6. The third-order valence-electron chi connectivity index (χ3n) is 5.45. The van der Waals surface area contributed by atoms with Crippen LogP contribution in [-0.2, 0) is 4.74 Å². The van der Waals surface area contributed by atoms with Crippen molar-refractivity contribution < 1.29 is 18.8 Å². The van der Waals surface area contributed by atoms with E-state index >= 15 is 0 Å². The molecule has 2 amide bonds. The number of benzene rings is 2. The minimum atomic E-state index is -0.387. The number of esters is 1. The first-order valence-corrected chi connectivity index (χ1v) is 10.8. The van der Waals surface area contributed by atoms with E-state index in [0.717, 1.165) is 30.4 Å². The first-order chi connectivity index (χ1) is 15.5. The molecule has 3 aromatic rings. The van der Waals surface area contributed by atoms with Gasteiger partial charge in [-0.05, 0) is 57.4 Å². The molecule has 8 heteroatoms. The largest absolute Gasteiger partial charge is 0.462 e. The molecular formula is C24H26N4O4. The molecule has 1 atom stereocenters. The van der Waals surface area contributed by atoms with Crippen LogP contribution in [0.4, 0.5) is 10.5 Å². The molecule has 32 heavy (non-hydrogen) atoms. The number of carbonyl (C=O) groups is 2. The van der Waals surface area contributed by atoms with Crippen molar-refractivity contribution in [2.45, 2.75) is 39.2 Å². The van der Waals surface area contributed by atoms with E-state index in [-0.39, 0.29) is 18.0 Å². The van der Waals surface area contributed by atoms with Crippen molar-refractivity contribution in [3.05, 3.63) is 65.5 Å². The lowest BCUT2D eigenvalue weighted by atomic mass is 10.0. The molecule has 8 nitrogen and oxygen atoms in total. The lowest BCUT2D eigenvalue weighted by Crippen LogP contribution is -2.41. The van der Waals surface area contributed by atoms with Crippen LogP contribution in [0, 0.1) is 6.92 Å². The van der Waals surface area contributed by atoms with Crippen molar-refractivity contribution in [1.29, 1.82) is 0 Å². The summed E-state index contributed by atoms with van der Waals surface area (Å²) in [7, 11) is 0. The highest BCUT2D eigenvalue weighted by Crippen LogP contribution is 2.31. The molecule has 4 rings (SSSR count). The van der Waals surface area contributed by atoms with E-state index in [2.05, 4.69) is 15.5 Å². The van der Waals surface area contributed by atoms with Crippen LogP contribution >= 0.6 is 0 Å². The number of aromatic nitrogens is 2. The maximum atomic E-state index is 13.0. The number of rotatable bonds is 5. The Bertz CT molecular complexity index is 1080. The van der Waals surface area contributed by atoms with Crippen LogP contribution in [0.25, 0.3) is 11.4 Å². The highest BCUT2D eigenvalue weighted by molar-refractivity contribution is 5.92. The van der Waals surface area contributed by atoms with Crippen molar-refractivity contribution in [2.75, 3.05) is 18.5 Å². The van der Waals surface area contributed by atoms with Gasteiger partial charge in [0.15, 0.2) is 0 Å². The number of hydrogen-bond donors (Lipinski definition) is 1. The number of aryl methyl sites for hydroxylation is 1. The molecule has 0 saturated carbocycles. The third kappa shape index (κ3) is 4.80. The molecule has 0 bridgehead atoms. The van der Waals surface area contributed by atoms with Crippen LogP contribution < -0.4 is 5.32 Å². The zero-order valence-electron chi connectivity index (χ0n) is 18.2. The summed E-state index contributed by atoms with van der Waals surface area (Å²) >= 11 is 0. The topological polar surface area (TPSA) is 97.6 Å². The number of piperidine rings is 1. The van der Waals surface area contributed by atoms with Crippen LogP contribution in [0.1, 0.15) is 54.0 Å². The van der Waals surface area contributed by atoms with Gasteiger partial charge in [0.05, 0.1) is 12.2 Å². The van der Waals surface area contributed by atoms with Crippen molar-refractivity contribution in [3.63, 3.8) is 0 Å². The van der Waals surface area contributed by atoms with Crippen LogP contribution in [-0.4, -0.2) is 40.2 Å². The van der Waals surface area contributed by atoms with E-state index < -0.39 is 0 Å². The normalized spacial score (nSPS) is 15.9. The molecule has 2 heterocycles. The summed E-state index contributed by atoms with van der Waals surface area (Å²) in [6, 6.07) is 14.0. The van der Waals surface area contributed by atoms with Gasteiger partial charge in [-0.2, -0.15) is 4.98 Å². The monoisotopic (exact) mass is 434 g/mol. The van der Waals surface area contributed by atoms with Crippen LogP contribution in [0.2, 0.25) is 0 Å². The lowest BCUT2D eigenvalue weighted by molar-refractivity contribution is 0.0526. The van der Waals surface area contributed by atoms with Crippen molar-refractivity contribution in [3.8, 4) is 11.4 Å². The van der Waals surface area contributed by atoms with E-state index in [1.165, 1.54) is 0 Å². The summed E-state index contributed by atoms with van der Waals surface area (Å²) in [6.45, 7) is 4.69. The third-order valence-corrected chi connectivity index (χ3v) is 5.45. The molecule has 1 aromatic heterocycles. The van der Waals surface area contributed by atoms with Gasteiger partial charge in [0.2, 0.25) is 11.7 Å². The number of nitrogens with one attached hydrogen (secondary N) is 1. The smallest absolute Gasteiger partial charge is 0.338 e. The fourth-order valence-electron chi connectivity index (χ4n) is 3.72. The number of likely N-dealkylation sites (tertiary alicyclic amines) is 1. The Morgan fingerprint density at radius 2 is 1.88 bits per heavy atom. The highest BCUT2D eigenvalue weighted by Gasteiger charge is 2.32. The van der Waals surface area contributed by atoms with Crippen molar-refractivity contribution >= 4 is 17.7 Å². The SMILES string of the molecule is CCOC(=O)c1ccc(NC(=O)N2CCCCC2c2nc(-c3ccc(C)cc3)no2)cc1. The molecule has 1 unspecified atom stereocenters. The van der Waals surface area contributed by atoms with Gasteiger partial charge in [0, 0.05) is 17.8 Å². The van der Waals surface area contributed by atoms with E-state index in [1.54, 1.807) is 36.1 Å². The number of nitrogens with zero attached hydrogens (tertiary/aromatic N) is 3. The number of ether oxygens (including phenoxy) is 1. The van der Waals surface area contributed by atoms with Crippen LogP contribution in [0.15, 0.2) is 53.1 Å².